The number of anilines is 1. The van der Waals surface area contributed by atoms with E-state index in [2.05, 4.69) is 17.8 Å². The Morgan fingerprint density at radius 3 is 2.54 bits per heavy atom. The molecular formula is C10H16N2O. The number of nitrogens with two attached hydrogens (primary N) is 2. The maximum absolute atomic E-state index is 5.82. The van der Waals surface area contributed by atoms with E-state index in [9.17, 15) is 0 Å². The van der Waals surface area contributed by atoms with Gasteiger partial charge in [-0.25, -0.2) is 5.90 Å². The summed E-state index contributed by atoms with van der Waals surface area (Å²) in [6.07, 6.45) is 0.807. The summed E-state index contributed by atoms with van der Waals surface area (Å²) >= 11 is 0. The molecule has 0 atom stereocenters. The van der Waals surface area contributed by atoms with E-state index in [-0.39, 0.29) is 0 Å². The summed E-state index contributed by atoms with van der Waals surface area (Å²) in [5.41, 5.74) is 10.2. The molecule has 13 heavy (non-hydrogen) atoms. The zero-order chi connectivity index (χ0) is 9.84. The molecule has 1 aromatic carbocycles. The normalized spacial score (nSPS) is 10.4. The summed E-state index contributed by atoms with van der Waals surface area (Å²) in [7, 11) is 0. The third-order valence-electron chi connectivity index (χ3n) is 2.28. The van der Waals surface area contributed by atoms with Crippen LogP contribution in [-0.2, 0) is 11.3 Å². The van der Waals surface area contributed by atoms with E-state index in [1.54, 1.807) is 0 Å². The van der Waals surface area contributed by atoms with Crippen molar-refractivity contribution in [2.24, 2.45) is 5.90 Å². The van der Waals surface area contributed by atoms with Crippen molar-refractivity contribution in [1.29, 1.82) is 0 Å². The first kappa shape index (κ1) is 10.0. The van der Waals surface area contributed by atoms with Gasteiger partial charge >= 0.3 is 0 Å². The van der Waals surface area contributed by atoms with Gasteiger partial charge in [0.1, 0.15) is 0 Å². The zero-order valence-corrected chi connectivity index (χ0v) is 8.13. The van der Waals surface area contributed by atoms with Gasteiger partial charge in [0.2, 0.25) is 0 Å². The van der Waals surface area contributed by atoms with Gasteiger partial charge in [0.25, 0.3) is 0 Å². The van der Waals surface area contributed by atoms with E-state index in [0.29, 0.717) is 6.61 Å². The third-order valence-corrected chi connectivity index (χ3v) is 2.28. The van der Waals surface area contributed by atoms with E-state index in [1.807, 2.05) is 13.0 Å². The lowest BCUT2D eigenvalue weighted by Gasteiger charge is -2.08. The molecule has 0 aliphatic carbocycles. The Balaban J connectivity index is 2.86. The van der Waals surface area contributed by atoms with Crippen LogP contribution < -0.4 is 11.6 Å². The van der Waals surface area contributed by atoms with Crippen LogP contribution in [0.25, 0.3) is 0 Å². The molecule has 0 spiro atoms. The summed E-state index contributed by atoms with van der Waals surface area (Å²) in [5.74, 6) is 4.95. The fourth-order valence-electron chi connectivity index (χ4n) is 1.28. The highest BCUT2D eigenvalue weighted by Gasteiger charge is 2.01. The Kier molecular flexibility index (Phi) is 3.28. The molecule has 1 rings (SSSR count). The van der Waals surface area contributed by atoms with Crippen LogP contribution in [0, 0.1) is 13.8 Å². The lowest BCUT2D eigenvalue weighted by molar-refractivity contribution is 0.141. The monoisotopic (exact) mass is 180 g/mol. The molecule has 0 aromatic heterocycles. The minimum absolute atomic E-state index is 0.530. The molecule has 0 heterocycles. The van der Waals surface area contributed by atoms with Gasteiger partial charge in [-0.05, 0) is 43.0 Å². The van der Waals surface area contributed by atoms with Crippen molar-refractivity contribution in [3.8, 4) is 0 Å². The molecule has 4 N–H and O–H groups in total. The highest BCUT2D eigenvalue weighted by Crippen LogP contribution is 2.18. The number of aryl methyl sites for hydroxylation is 1. The molecule has 0 fully saturated rings. The Labute approximate surface area is 78.6 Å². The van der Waals surface area contributed by atoms with Crippen molar-refractivity contribution in [3.63, 3.8) is 0 Å². The molecule has 0 amide bonds. The van der Waals surface area contributed by atoms with Crippen LogP contribution in [0.1, 0.15) is 16.7 Å². The van der Waals surface area contributed by atoms with Gasteiger partial charge < -0.3 is 10.6 Å². The average Bonchev–Trinajstić information content (AvgIpc) is 2.10. The number of rotatable bonds is 3. The van der Waals surface area contributed by atoms with Crippen molar-refractivity contribution in [3.05, 3.63) is 28.8 Å². The molecule has 3 nitrogen and oxygen atoms in total. The Hall–Kier alpha value is -1.06. The zero-order valence-electron chi connectivity index (χ0n) is 8.13. The number of hydrogen-bond donors (Lipinski definition) is 2. The first-order valence-electron chi connectivity index (χ1n) is 4.32. The van der Waals surface area contributed by atoms with E-state index < -0.39 is 0 Å². The summed E-state index contributed by atoms with van der Waals surface area (Å²) < 4.78 is 0. The fraction of sp³-hybridized carbons (Fsp3) is 0.400. The molecule has 0 saturated heterocycles. The minimum Gasteiger partial charge on any atom is -0.398 e. The van der Waals surface area contributed by atoms with Crippen LogP contribution in [0.15, 0.2) is 12.1 Å². The number of nitrogen functional groups attached to an aromatic ring is 1. The number of benzene rings is 1. The Bertz CT molecular complexity index is 274. The predicted molar refractivity (Wildman–Crippen MR) is 54.2 cm³/mol. The average molecular weight is 180 g/mol. The largest absolute Gasteiger partial charge is 0.398 e. The maximum Gasteiger partial charge on any atom is 0.0719 e. The topological polar surface area (TPSA) is 61.3 Å². The summed E-state index contributed by atoms with van der Waals surface area (Å²) in [6.45, 7) is 4.61. The minimum atomic E-state index is 0.530. The molecule has 0 radical (unpaired) electrons. The van der Waals surface area contributed by atoms with Gasteiger partial charge in [0.15, 0.2) is 0 Å². The van der Waals surface area contributed by atoms with Gasteiger partial charge in [-0.1, -0.05) is 6.07 Å². The van der Waals surface area contributed by atoms with Gasteiger partial charge in [-0.15, -0.1) is 0 Å². The first-order valence-corrected chi connectivity index (χ1v) is 4.32. The van der Waals surface area contributed by atoms with Crippen LogP contribution in [0.2, 0.25) is 0 Å². The highest BCUT2D eigenvalue weighted by molar-refractivity contribution is 5.52. The van der Waals surface area contributed by atoms with Crippen LogP contribution in [0.3, 0.4) is 0 Å². The quantitative estimate of drug-likeness (QED) is 0.544. The second-order valence-electron chi connectivity index (χ2n) is 3.25. The SMILES string of the molecule is Cc1cc(CCON)cc(N)c1C. The van der Waals surface area contributed by atoms with E-state index in [0.717, 1.165) is 17.7 Å². The van der Waals surface area contributed by atoms with Crippen molar-refractivity contribution < 1.29 is 4.84 Å². The molecular weight excluding hydrogens is 164 g/mol. The van der Waals surface area contributed by atoms with Crippen LogP contribution in [-0.4, -0.2) is 6.61 Å². The smallest absolute Gasteiger partial charge is 0.0719 e. The summed E-state index contributed by atoms with van der Waals surface area (Å²) in [4.78, 5) is 4.51. The van der Waals surface area contributed by atoms with E-state index >= 15 is 0 Å². The van der Waals surface area contributed by atoms with Gasteiger partial charge in [-0.2, -0.15) is 0 Å². The van der Waals surface area contributed by atoms with Gasteiger partial charge in [-0.3, -0.25) is 0 Å². The summed E-state index contributed by atoms with van der Waals surface area (Å²) in [6, 6.07) is 4.09. The predicted octanol–water partition coefficient (Wildman–Crippen LogP) is 1.32. The highest BCUT2D eigenvalue weighted by atomic mass is 16.6. The molecule has 0 aliphatic heterocycles. The molecule has 3 heteroatoms. The molecule has 0 saturated carbocycles. The van der Waals surface area contributed by atoms with Crippen LogP contribution in [0.4, 0.5) is 5.69 Å². The number of hydrogen-bond acceptors (Lipinski definition) is 3. The van der Waals surface area contributed by atoms with Gasteiger partial charge in [0, 0.05) is 5.69 Å². The van der Waals surface area contributed by atoms with Crippen LogP contribution >= 0.6 is 0 Å². The van der Waals surface area contributed by atoms with Crippen molar-refractivity contribution in [2.75, 3.05) is 12.3 Å². The lowest BCUT2D eigenvalue weighted by Crippen LogP contribution is -2.04. The lowest BCUT2D eigenvalue weighted by atomic mass is 10.0. The fourth-order valence-corrected chi connectivity index (χ4v) is 1.28. The van der Waals surface area contributed by atoms with Crippen molar-refractivity contribution in [2.45, 2.75) is 20.3 Å². The Morgan fingerprint density at radius 2 is 2.00 bits per heavy atom. The molecule has 1 aromatic rings. The standard InChI is InChI=1S/C10H16N2O/c1-7-5-9(3-4-13-12)6-10(11)8(7)2/h5-6H,3-4,11-12H2,1-2H3. The molecule has 0 aliphatic rings. The van der Waals surface area contributed by atoms with Crippen LogP contribution in [0.5, 0.6) is 0 Å². The molecule has 0 unspecified atom stereocenters. The summed E-state index contributed by atoms with van der Waals surface area (Å²) in [5, 5.41) is 0. The third kappa shape index (κ3) is 2.44. The second-order valence-corrected chi connectivity index (χ2v) is 3.25. The van der Waals surface area contributed by atoms with E-state index in [4.69, 9.17) is 11.6 Å². The Morgan fingerprint density at radius 1 is 1.31 bits per heavy atom. The van der Waals surface area contributed by atoms with Crippen molar-refractivity contribution >= 4 is 5.69 Å². The van der Waals surface area contributed by atoms with Crippen molar-refractivity contribution in [1.82, 2.24) is 0 Å². The van der Waals surface area contributed by atoms with Gasteiger partial charge in [0.05, 0.1) is 6.61 Å². The van der Waals surface area contributed by atoms with E-state index in [1.165, 1.54) is 11.1 Å². The second kappa shape index (κ2) is 4.25. The first-order chi connectivity index (χ1) is 6.15. The molecule has 72 valence electrons. The maximum atomic E-state index is 5.82. The molecule has 0 bridgehead atoms.